The summed E-state index contributed by atoms with van der Waals surface area (Å²) in [6.07, 6.45) is 5.75. The van der Waals surface area contributed by atoms with E-state index in [2.05, 4.69) is 37.7 Å². The van der Waals surface area contributed by atoms with Gasteiger partial charge in [-0.3, -0.25) is 9.88 Å². The number of hydrogen-bond donors (Lipinski definition) is 1. The molecule has 26 heavy (non-hydrogen) atoms. The molecule has 0 bridgehead atoms. The Bertz CT molecular complexity index is 917. The summed E-state index contributed by atoms with van der Waals surface area (Å²) in [5.74, 6) is 0.640. The van der Waals surface area contributed by atoms with Gasteiger partial charge in [0.05, 0.1) is 29.1 Å². The van der Waals surface area contributed by atoms with Crippen LogP contribution in [0.4, 0.5) is 10.9 Å². The van der Waals surface area contributed by atoms with E-state index < -0.39 is 0 Å². The Morgan fingerprint density at radius 2 is 2.23 bits per heavy atom. The van der Waals surface area contributed by atoms with E-state index in [4.69, 9.17) is 10.2 Å². The zero-order chi connectivity index (χ0) is 17.8. The summed E-state index contributed by atoms with van der Waals surface area (Å²) in [6, 6.07) is 11.9. The van der Waals surface area contributed by atoms with Gasteiger partial charge in [-0.25, -0.2) is 9.97 Å². The molecular weight excluding hydrogens is 344 g/mol. The van der Waals surface area contributed by atoms with Crippen LogP contribution in [0.5, 0.6) is 0 Å². The van der Waals surface area contributed by atoms with Crippen LogP contribution in [-0.2, 0) is 6.54 Å². The van der Waals surface area contributed by atoms with Gasteiger partial charge in [0.2, 0.25) is 0 Å². The molecule has 130 valence electrons. The van der Waals surface area contributed by atoms with Crippen molar-refractivity contribution in [2.24, 2.45) is 0 Å². The zero-order valence-corrected chi connectivity index (χ0v) is 15.0. The van der Waals surface area contributed by atoms with E-state index in [1.54, 1.807) is 29.7 Å². The first-order valence-electron chi connectivity index (χ1n) is 8.54. The normalized spacial score (nSPS) is 17.1. The molecule has 3 aromatic rings. The van der Waals surface area contributed by atoms with Crippen molar-refractivity contribution in [3.05, 3.63) is 65.1 Å². The van der Waals surface area contributed by atoms with Crippen LogP contribution in [-0.4, -0.2) is 26.4 Å². The van der Waals surface area contributed by atoms with E-state index in [1.165, 1.54) is 6.42 Å². The van der Waals surface area contributed by atoms with E-state index in [9.17, 15) is 0 Å². The molecule has 0 aliphatic carbocycles. The Balaban J connectivity index is 1.47. The van der Waals surface area contributed by atoms with Crippen LogP contribution < -0.4 is 5.32 Å². The molecule has 7 heteroatoms. The highest BCUT2D eigenvalue weighted by atomic mass is 32.1. The second-order valence-electron chi connectivity index (χ2n) is 6.19. The second-order valence-corrected chi connectivity index (χ2v) is 7.05. The van der Waals surface area contributed by atoms with E-state index in [1.807, 2.05) is 18.3 Å². The SMILES string of the molecule is N#Cc1ccnc(Nc2nc([C@H]3CCCN3Cc3ccccn3)cs2)c1. The molecule has 4 rings (SSSR count). The maximum atomic E-state index is 9.00. The highest BCUT2D eigenvalue weighted by Crippen LogP contribution is 2.34. The number of nitrogens with zero attached hydrogens (tertiary/aromatic N) is 5. The van der Waals surface area contributed by atoms with E-state index in [-0.39, 0.29) is 0 Å². The molecule has 0 saturated carbocycles. The number of nitrogens with one attached hydrogen (secondary N) is 1. The molecule has 3 aromatic heterocycles. The predicted molar refractivity (Wildman–Crippen MR) is 101 cm³/mol. The summed E-state index contributed by atoms with van der Waals surface area (Å²) < 4.78 is 0. The van der Waals surface area contributed by atoms with Gasteiger partial charge in [0.1, 0.15) is 5.82 Å². The highest BCUT2D eigenvalue weighted by molar-refractivity contribution is 7.13. The third kappa shape index (κ3) is 3.72. The van der Waals surface area contributed by atoms with Crippen molar-refractivity contribution < 1.29 is 0 Å². The minimum atomic E-state index is 0.321. The number of aromatic nitrogens is 3. The summed E-state index contributed by atoms with van der Waals surface area (Å²) in [5.41, 5.74) is 2.75. The van der Waals surface area contributed by atoms with E-state index >= 15 is 0 Å². The third-order valence-corrected chi connectivity index (χ3v) is 5.22. The van der Waals surface area contributed by atoms with Crippen LogP contribution in [0.1, 0.15) is 35.8 Å². The zero-order valence-electron chi connectivity index (χ0n) is 14.2. The van der Waals surface area contributed by atoms with Gasteiger partial charge < -0.3 is 5.32 Å². The van der Waals surface area contributed by atoms with Gasteiger partial charge in [0, 0.05) is 24.3 Å². The van der Waals surface area contributed by atoms with E-state index in [0.717, 1.165) is 36.0 Å². The second kappa shape index (κ2) is 7.60. The lowest BCUT2D eigenvalue weighted by atomic mass is 10.1. The Kier molecular flexibility index (Phi) is 4.86. The Morgan fingerprint density at radius 3 is 3.08 bits per heavy atom. The summed E-state index contributed by atoms with van der Waals surface area (Å²) in [5, 5.41) is 15.1. The molecule has 4 heterocycles. The first-order valence-corrected chi connectivity index (χ1v) is 9.42. The average molecular weight is 362 g/mol. The predicted octanol–water partition coefficient (Wildman–Crippen LogP) is 3.89. The van der Waals surface area contributed by atoms with Gasteiger partial charge in [-0.1, -0.05) is 6.07 Å². The van der Waals surface area contributed by atoms with Crippen molar-refractivity contribution in [2.75, 3.05) is 11.9 Å². The average Bonchev–Trinajstić information content (AvgIpc) is 3.32. The Labute approximate surface area is 156 Å². The quantitative estimate of drug-likeness (QED) is 0.742. The van der Waals surface area contributed by atoms with Crippen LogP contribution in [0.25, 0.3) is 0 Å². The molecule has 6 nitrogen and oxygen atoms in total. The minimum absolute atomic E-state index is 0.321. The summed E-state index contributed by atoms with van der Waals surface area (Å²) in [4.78, 5) is 15.9. The molecule has 0 spiro atoms. The fraction of sp³-hybridized carbons (Fsp3) is 0.263. The molecule has 0 radical (unpaired) electrons. The van der Waals surface area contributed by atoms with Gasteiger partial charge >= 0.3 is 0 Å². The van der Waals surface area contributed by atoms with Crippen LogP contribution in [0.15, 0.2) is 48.1 Å². The number of hydrogen-bond acceptors (Lipinski definition) is 7. The maximum Gasteiger partial charge on any atom is 0.188 e. The third-order valence-electron chi connectivity index (χ3n) is 4.44. The number of rotatable bonds is 5. The maximum absolute atomic E-state index is 9.00. The van der Waals surface area contributed by atoms with Gasteiger partial charge in [0.25, 0.3) is 0 Å². The molecule has 1 fully saturated rings. The van der Waals surface area contributed by atoms with Crippen molar-refractivity contribution in [3.8, 4) is 6.07 Å². The fourth-order valence-electron chi connectivity index (χ4n) is 3.22. The summed E-state index contributed by atoms with van der Waals surface area (Å²) in [7, 11) is 0. The van der Waals surface area contributed by atoms with Crippen LogP contribution in [0, 0.1) is 11.3 Å². The highest BCUT2D eigenvalue weighted by Gasteiger charge is 2.28. The smallest absolute Gasteiger partial charge is 0.188 e. The van der Waals surface area contributed by atoms with Crippen LogP contribution in [0.3, 0.4) is 0 Å². The number of thiazole rings is 1. The van der Waals surface area contributed by atoms with E-state index in [0.29, 0.717) is 17.4 Å². The standard InChI is InChI=1S/C19H18N6S/c20-11-14-6-8-22-18(10-14)24-19-23-16(13-26-19)17-5-3-9-25(17)12-15-4-1-2-7-21-15/h1-2,4,6-8,10,13,17H,3,5,9,12H2,(H,22,23,24)/t17-/m1/s1. The topological polar surface area (TPSA) is 77.7 Å². The van der Waals surface area contributed by atoms with Gasteiger partial charge in [-0.05, 0) is 43.7 Å². The van der Waals surface area contributed by atoms with Crippen molar-refractivity contribution >= 4 is 22.3 Å². The number of nitriles is 1. The molecule has 1 N–H and O–H groups in total. The summed E-state index contributed by atoms with van der Waals surface area (Å²) >= 11 is 1.57. The largest absolute Gasteiger partial charge is 0.316 e. The lowest BCUT2D eigenvalue weighted by molar-refractivity contribution is 0.242. The van der Waals surface area contributed by atoms with Crippen molar-refractivity contribution in [3.63, 3.8) is 0 Å². The molecular formula is C19H18N6S. The first-order chi connectivity index (χ1) is 12.8. The van der Waals surface area contributed by atoms with Crippen LogP contribution in [0.2, 0.25) is 0 Å². The molecule has 0 unspecified atom stereocenters. The van der Waals surface area contributed by atoms with Gasteiger partial charge in [0.15, 0.2) is 5.13 Å². The molecule has 0 amide bonds. The van der Waals surface area contributed by atoms with Gasteiger partial charge in [-0.15, -0.1) is 11.3 Å². The monoisotopic (exact) mass is 362 g/mol. The molecule has 0 aromatic carbocycles. The van der Waals surface area contributed by atoms with Gasteiger partial charge in [-0.2, -0.15) is 5.26 Å². The lowest BCUT2D eigenvalue weighted by Crippen LogP contribution is -2.23. The van der Waals surface area contributed by atoms with Crippen LogP contribution >= 0.6 is 11.3 Å². The van der Waals surface area contributed by atoms with Crippen molar-refractivity contribution in [1.29, 1.82) is 5.26 Å². The molecule has 1 saturated heterocycles. The molecule has 1 atom stereocenters. The van der Waals surface area contributed by atoms with Crippen molar-refractivity contribution in [2.45, 2.75) is 25.4 Å². The number of pyridine rings is 2. The first kappa shape index (κ1) is 16.6. The fourth-order valence-corrected chi connectivity index (χ4v) is 3.99. The molecule has 1 aliphatic rings. The lowest BCUT2D eigenvalue weighted by Gasteiger charge is -2.22. The minimum Gasteiger partial charge on any atom is -0.316 e. The Morgan fingerprint density at radius 1 is 1.27 bits per heavy atom. The molecule has 1 aliphatic heterocycles. The van der Waals surface area contributed by atoms with Crippen molar-refractivity contribution in [1.82, 2.24) is 19.9 Å². The Hall–Kier alpha value is -2.82. The number of anilines is 2. The number of likely N-dealkylation sites (tertiary alicyclic amines) is 1. The summed E-state index contributed by atoms with van der Waals surface area (Å²) in [6.45, 7) is 1.91.